The summed E-state index contributed by atoms with van der Waals surface area (Å²) in [5, 5.41) is 5.45. The van der Waals surface area contributed by atoms with Gasteiger partial charge in [0.1, 0.15) is 5.82 Å². The minimum absolute atomic E-state index is 0.0190. The van der Waals surface area contributed by atoms with Crippen molar-refractivity contribution >= 4 is 21.4 Å². The predicted molar refractivity (Wildman–Crippen MR) is 69.1 cm³/mol. The van der Waals surface area contributed by atoms with E-state index in [1.807, 2.05) is 0 Å². The van der Waals surface area contributed by atoms with Gasteiger partial charge in [0.2, 0.25) is 5.91 Å². The summed E-state index contributed by atoms with van der Waals surface area (Å²) < 4.78 is 36.3. The first-order valence-electron chi connectivity index (χ1n) is 5.86. The highest BCUT2D eigenvalue weighted by atomic mass is 32.2. The largest absolute Gasteiger partial charge is 0.324 e. The highest BCUT2D eigenvalue weighted by Crippen LogP contribution is 2.20. The van der Waals surface area contributed by atoms with Crippen molar-refractivity contribution in [1.29, 1.82) is 0 Å². The molecule has 0 radical (unpaired) electrons. The van der Waals surface area contributed by atoms with Crippen LogP contribution < -0.4 is 10.6 Å². The smallest absolute Gasteiger partial charge is 0.224 e. The number of carbonyl (C=O) groups excluding carboxylic acids is 1. The van der Waals surface area contributed by atoms with Crippen LogP contribution in [0.15, 0.2) is 23.1 Å². The number of anilines is 1. The van der Waals surface area contributed by atoms with Crippen molar-refractivity contribution in [3.63, 3.8) is 0 Å². The molecule has 1 amide bonds. The molecule has 1 aliphatic heterocycles. The predicted octanol–water partition coefficient (Wildman–Crippen LogP) is 0.777. The van der Waals surface area contributed by atoms with Crippen molar-refractivity contribution in [3.8, 4) is 0 Å². The molecular formula is C12H15FN2O3S. The van der Waals surface area contributed by atoms with E-state index in [0.717, 1.165) is 31.5 Å². The number of sulfone groups is 1. The lowest BCUT2D eigenvalue weighted by atomic mass is 9.99. The van der Waals surface area contributed by atoms with E-state index in [9.17, 15) is 17.6 Å². The summed E-state index contributed by atoms with van der Waals surface area (Å²) in [4.78, 5) is 11.7. The quantitative estimate of drug-likeness (QED) is 0.802. The minimum Gasteiger partial charge on any atom is -0.324 e. The molecule has 5 nitrogen and oxygen atoms in total. The number of carbonyl (C=O) groups is 1. The minimum atomic E-state index is -3.42. The fraction of sp³-hybridized carbons (Fsp3) is 0.417. The number of amides is 1. The molecule has 19 heavy (non-hydrogen) atoms. The Morgan fingerprint density at radius 3 is 2.68 bits per heavy atom. The summed E-state index contributed by atoms with van der Waals surface area (Å²) in [7, 11) is -3.42. The number of benzene rings is 1. The molecular weight excluding hydrogens is 271 g/mol. The monoisotopic (exact) mass is 286 g/mol. The van der Waals surface area contributed by atoms with E-state index in [-0.39, 0.29) is 22.4 Å². The van der Waals surface area contributed by atoms with Gasteiger partial charge in [-0.1, -0.05) is 0 Å². The van der Waals surface area contributed by atoms with Gasteiger partial charge in [-0.3, -0.25) is 4.79 Å². The van der Waals surface area contributed by atoms with E-state index >= 15 is 0 Å². The first-order chi connectivity index (χ1) is 8.86. The maximum absolute atomic E-state index is 13.5. The van der Waals surface area contributed by atoms with Crippen LogP contribution in [-0.2, 0) is 14.6 Å². The van der Waals surface area contributed by atoms with E-state index in [4.69, 9.17) is 0 Å². The number of hydrogen-bond acceptors (Lipinski definition) is 4. The molecule has 1 saturated heterocycles. The third-order valence-electron chi connectivity index (χ3n) is 2.98. The van der Waals surface area contributed by atoms with Gasteiger partial charge in [0.05, 0.1) is 10.6 Å². The van der Waals surface area contributed by atoms with Crippen LogP contribution in [0.2, 0.25) is 0 Å². The normalized spacial score (nSPS) is 15.9. The van der Waals surface area contributed by atoms with E-state index in [1.165, 1.54) is 6.07 Å². The molecule has 2 rings (SSSR count). The van der Waals surface area contributed by atoms with Crippen LogP contribution in [0.4, 0.5) is 10.1 Å². The second kappa shape index (κ2) is 5.26. The summed E-state index contributed by atoms with van der Waals surface area (Å²) in [6.45, 7) is 1.55. The van der Waals surface area contributed by atoms with E-state index in [2.05, 4.69) is 10.6 Å². The Hall–Kier alpha value is -1.47. The van der Waals surface area contributed by atoms with Crippen LogP contribution >= 0.6 is 0 Å². The third-order valence-corrected chi connectivity index (χ3v) is 4.09. The molecule has 2 N–H and O–H groups in total. The second-order valence-corrected chi connectivity index (χ2v) is 6.71. The van der Waals surface area contributed by atoms with Crippen molar-refractivity contribution in [2.45, 2.75) is 11.3 Å². The van der Waals surface area contributed by atoms with Crippen molar-refractivity contribution in [2.24, 2.45) is 5.92 Å². The molecule has 0 aromatic heterocycles. The van der Waals surface area contributed by atoms with Crippen molar-refractivity contribution in [1.82, 2.24) is 5.32 Å². The van der Waals surface area contributed by atoms with Gasteiger partial charge in [-0.2, -0.15) is 0 Å². The summed E-state index contributed by atoms with van der Waals surface area (Å²) in [5.41, 5.74) is -0.0970. The van der Waals surface area contributed by atoms with Gasteiger partial charge >= 0.3 is 0 Å². The van der Waals surface area contributed by atoms with Gasteiger partial charge in [0, 0.05) is 12.7 Å². The van der Waals surface area contributed by atoms with Gasteiger partial charge in [-0.15, -0.1) is 0 Å². The molecule has 0 saturated carbocycles. The summed E-state index contributed by atoms with van der Waals surface area (Å²) in [6.07, 6.45) is 1.33. The maximum Gasteiger partial charge on any atom is 0.224 e. The molecule has 1 fully saturated rings. The Morgan fingerprint density at radius 2 is 2.16 bits per heavy atom. The van der Waals surface area contributed by atoms with E-state index in [1.54, 1.807) is 0 Å². The van der Waals surface area contributed by atoms with Crippen LogP contribution in [0.25, 0.3) is 0 Å². The van der Waals surface area contributed by atoms with Gasteiger partial charge in [-0.25, -0.2) is 12.8 Å². The lowest BCUT2D eigenvalue weighted by Crippen LogP contribution is -2.43. The van der Waals surface area contributed by atoms with Crippen LogP contribution in [0.3, 0.4) is 0 Å². The Morgan fingerprint density at radius 1 is 1.47 bits per heavy atom. The van der Waals surface area contributed by atoms with Gasteiger partial charge in [0.25, 0.3) is 0 Å². The fourth-order valence-corrected chi connectivity index (χ4v) is 2.43. The zero-order valence-corrected chi connectivity index (χ0v) is 11.3. The fourth-order valence-electron chi connectivity index (χ4n) is 1.79. The van der Waals surface area contributed by atoms with E-state index < -0.39 is 15.7 Å². The Labute approximate surface area is 111 Å². The molecule has 0 spiro atoms. The molecule has 0 unspecified atom stereocenters. The molecule has 1 aromatic carbocycles. The molecule has 1 heterocycles. The highest BCUT2D eigenvalue weighted by Gasteiger charge is 2.21. The third kappa shape index (κ3) is 3.51. The Balaban J connectivity index is 2.12. The van der Waals surface area contributed by atoms with Crippen LogP contribution in [0.1, 0.15) is 6.42 Å². The summed E-state index contributed by atoms with van der Waals surface area (Å²) in [6, 6.07) is 3.36. The van der Waals surface area contributed by atoms with Gasteiger partial charge in [0.15, 0.2) is 9.84 Å². The Bertz CT molecular complexity index is 597. The van der Waals surface area contributed by atoms with Crippen LogP contribution in [-0.4, -0.2) is 33.7 Å². The van der Waals surface area contributed by atoms with Gasteiger partial charge in [-0.05, 0) is 37.2 Å². The second-order valence-electron chi connectivity index (χ2n) is 4.69. The highest BCUT2D eigenvalue weighted by molar-refractivity contribution is 7.90. The maximum atomic E-state index is 13.5. The first kappa shape index (κ1) is 14.0. The van der Waals surface area contributed by atoms with Crippen molar-refractivity contribution in [3.05, 3.63) is 24.0 Å². The average Bonchev–Trinajstić information content (AvgIpc) is 2.25. The van der Waals surface area contributed by atoms with E-state index in [0.29, 0.717) is 6.42 Å². The average molecular weight is 286 g/mol. The zero-order valence-electron chi connectivity index (χ0n) is 10.4. The molecule has 0 atom stereocenters. The summed E-state index contributed by atoms with van der Waals surface area (Å²) >= 11 is 0. The number of hydrogen-bond donors (Lipinski definition) is 2. The molecule has 0 aliphatic carbocycles. The molecule has 7 heteroatoms. The number of rotatable bonds is 4. The van der Waals surface area contributed by atoms with Crippen molar-refractivity contribution in [2.75, 3.05) is 24.7 Å². The van der Waals surface area contributed by atoms with Crippen LogP contribution in [0, 0.1) is 11.7 Å². The Kier molecular flexibility index (Phi) is 3.86. The first-order valence-corrected chi connectivity index (χ1v) is 7.75. The molecule has 1 aromatic rings. The standard InChI is InChI=1S/C12H15FN2O3S/c1-19(17,18)9-2-3-10(13)11(5-9)15-12(16)4-8-6-14-7-8/h2-3,5,8,14H,4,6-7H2,1H3,(H,15,16). The topological polar surface area (TPSA) is 75.3 Å². The zero-order chi connectivity index (χ0) is 14.0. The van der Waals surface area contributed by atoms with Crippen LogP contribution in [0.5, 0.6) is 0 Å². The lowest BCUT2D eigenvalue weighted by Gasteiger charge is -2.26. The molecule has 0 bridgehead atoms. The van der Waals surface area contributed by atoms with Crippen molar-refractivity contribution < 1.29 is 17.6 Å². The molecule has 1 aliphatic rings. The summed E-state index contributed by atoms with van der Waals surface area (Å²) in [5.74, 6) is -0.690. The SMILES string of the molecule is CS(=O)(=O)c1ccc(F)c(NC(=O)CC2CNC2)c1. The number of halogens is 1. The molecule has 104 valence electrons. The lowest BCUT2D eigenvalue weighted by molar-refractivity contribution is -0.117. The van der Waals surface area contributed by atoms with Gasteiger partial charge < -0.3 is 10.6 Å². The number of nitrogens with one attached hydrogen (secondary N) is 2.